The summed E-state index contributed by atoms with van der Waals surface area (Å²) >= 11 is 0. The van der Waals surface area contributed by atoms with E-state index in [1.54, 1.807) is 24.3 Å². The van der Waals surface area contributed by atoms with Gasteiger partial charge in [0.2, 0.25) is 9.84 Å². The average Bonchev–Trinajstić information content (AvgIpc) is 2.79. The number of ether oxygens (including phenoxy) is 2. The Hall–Kier alpha value is -3.21. The standard InChI is InChI=1S/C21H21N3O6S/c1-29-21(26)14-4-2-3-5-16(14)23-18-11-19(24-17-7-6-13(25)10-15(17)18)31(27,28)20-12-30-9-8-22-20/h2-7,10-11,20,22,25H,8-9,12H2,1H3,(H,23,24). The highest BCUT2D eigenvalue weighted by Crippen LogP contribution is 2.32. The fraction of sp³-hybridized carbons (Fsp3) is 0.238. The lowest BCUT2D eigenvalue weighted by molar-refractivity contribution is 0.0602. The lowest BCUT2D eigenvalue weighted by Crippen LogP contribution is -2.46. The Bertz CT molecular complexity index is 1240. The van der Waals surface area contributed by atoms with E-state index in [1.807, 2.05) is 0 Å². The van der Waals surface area contributed by atoms with Crippen LogP contribution in [0.2, 0.25) is 0 Å². The van der Waals surface area contributed by atoms with Gasteiger partial charge in [-0.05, 0) is 36.4 Å². The molecule has 31 heavy (non-hydrogen) atoms. The summed E-state index contributed by atoms with van der Waals surface area (Å²) in [6, 6.07) is 12.5. The van der Waals surface area contributed by atoms with Gasteiger partial charge >= 0.3 is 5.97 Å². The number of carbonyl (C=O) groups excluding carboxylic acids is 1. The second-order valence-electron chi connectivity index (χ2n) is 6.93. The minimum atomic E-state index is -3.85. The molecule has 9 nitrogen and oxygen atoms in total. The fourth-order valence-corrected chi connectivity index (χ4v) is 4.76. The summed E-state index contributed by atoms with van der Waals surface area (Å²) in [5.74, 6) is -0.544. The molecule has 10 heteroatoms. The largest absolute Gasteiger partial charge is 0.508 e. The number of nitrogens with zero attached hydrogens (tertiary/aromatic N) is 1. The normalized spacial score (nSPS) is 16.7. The highest BCUT2D eigenvalue weighted by molar-refractivity contribution is 7.92. The first kappa shape index (κ1) is 21.0. The molecule has 1 aromatic heterocycles. The molecule has 1 unspecified atom stereocenters. The molecular formula is C21H21N3O6S. The average molecular weight is 443 g/mol. The highest BCUT2D eigenvalue weighted by Gasteiger charge is 2.31. The van der Waals surface area contributed by atoms with Crippen LogP contribution in [0.4, 0.5) is 11.4 Å². The molecule has 1 fully saturated rings. The number of rotatable bonds is 5. The van der Waals surface area contributed by atoms with Crippen molar-refractivity contribution in [1.82, 2.24) is 10.3 Å². The smallest absolute Gasteiger partial charge is 0.339 e. The third kappa shape index (κ3) is 4.18. The third-order valence-electron chi connectivity index (χ3n) is 4.92. The first-order valence-electron chi connectivity index (χ1n) is 9.53. The van der Waals surface area contributed by atoms with Crippen LogP contribution in [0, 0.1) is 0 Å². The maximum Gasteiger partial charge on any atom is 0.339 e. The molecule has 0 radical (unpaired) electrons. The van der Waals surface area contributed by atoms with E-state index < -0.39 is 21.2 Å². The monoisotopic (exact) mass is 443 g/mol. The summed E-state index contributed by atoms with van der Waals surface area (Å²) in [4.78, 5) is 16.5. The molecule has 0 bridgehead atoms. The number of phenolic OH excluding ortho intramolecular Hbond substituents is 1. The lowest BCUT2D eigenvalue weighted by atomic mass is 10.1. The van der Waals surface area contributed by atoms with E-state index in [0.29, 0.717) is 35.4 Å². The van der Waals surface area contributed by atoms with Gasteiger partial charge in [0.15, 0.2) is 5.03 Å². The Labute approximate surface area is 178 Å². The molecule has 1 saturated heterocycles. The van der Waals surface area contributed by atoms with E-state index >= 15 is 0 Å². The minimum Gasteiger partial charge on any atom is -0.508 e. The number of hydrogen-bond acceptors (Lipinski definition) is 9. The molecule has 2 aromatic carbocycles. The molecule has 4 rings (SSSR count). The zero-order valence-electron chi connectivity index (χ0n) is 16.7. The van der Waals surface area contributed by atoms with Crippen molar-refractivity contribution >= 4 is 38.1 Å². The molecule has 0 amide bonds. The molecule has 0 spiro atoms. The number of para-hydroxylation sites is 1. The number of phenols is 1. The summed E-state index contributed by atoms with van der Waals surface area (Å²) in [6.45, 7) is 0.877. The van der Waals surface area contributed by atoms with Crippen molar-refractivity contribution in [1.29, 1.82) is 0 Å². The molecular weight excluding hydrogens is 422 g/mol. The van der Waals surface area contributed by atoms with Gasteiger partial charge in [0.1, 0.15) is 11.1 Å². The van der Waals surface area contributed by atoms with Crippen LogP contribution in [0.1, 0.15) is 10.4 Å². The topological polar surface area (TPSA) is 127 Å². The maximum atomic E-state index is 13.2. The van der Waals surface area contributed by atoms with Crippen LogP contribution in [0.25, 0.3) is 10.9 Å². The summed E-state index contributed by atoms with van der Waals surface area (Å²) in [7, 11) is -2.57. The van der Waals surface area contributed by atoms with Crippen LogP contribution in [0.3, 0.4) is 0 Å². The second kappa shape index (κ2) is 8.50. The van der Waals surface area contributed by atoms with E-state index in [1.165, 1.54) is 31.4 Å². The van der Waals surface area contributed by atoms with Crippen LogP contribution in [0.15, 0.2) is 53.6 Å². The van der Waals surface area contributed by atoms with Gasteiger partial charge in [0.05, 0.1) is 42.8 Å². The molecule has 3 N–H and O–H groups in total. The number of methoxy groups -OCH3 is 1. The first-order valence-corrected chi connectivity index (χ1v) is 11.1. The van der Waals surface area contributed by atoms with E-state index in [2.05, 4.69) is 15.6 Å². The Balaban J connectivity index is 1.85. The van der Waals surface area contributed by atoms with Crippen molar-refractivity contribution < 1.29 is 27.8 Å². The van der Waals surface area contributed by atoms with Gasteiger partial charge in [0.25, 0.3) is 0 Å². The minimum absolute atomic E-state index is 0.00319. The number of fused-ring (bicyclic) bond motifs is 1. The fourth-order valence-electron chi connectivity index (χ4n) is 3.35. The van der Waals surface area contributed by atoms with Crippen molar-refractivity contribution in [2.24, 2.45) is 0 Å². The van der Waals surface area contributed by atoms with Gasteiger partial charge in [0, 0.05) is 11.9 Å². The van der Waals surface area contributed by atoms with Crippen LogP contribution in [-0.2, 0) is 19.3 Å². The zero-order chi connectivity index (χ0) is 22.0. The predicted octanol–water partition coefficient (Wildman–Crippen LogP) is 2.19. The zero-order valence-corrected chi connectivity index (χ0v) is 17.5. The van der Waals surface area contributed by atoms with Crippen LogP contribution >= 0.6 is 0 Å². The van der Waals surface area contributed by atoms with Crippen molar-refractivity contribution in [2.75, 3.05) is 32.2 Å². The number of carbonyl (C=O) groups is 1. The molecule has 1 aliphatic heterocycles. The number of aromatic nitrogens is 1. The van der Waals surface area contributed by atoms with Crippen molar-refractivity contribution in [3.05, 3.63) is 54.1 Å². The number of anilines is 2. The van der Waals surface area contributed by atoms with Crippen LogP contribution in [-0.4, -0.2) is 56.7 Å². The van der Waals surface area contributed by atoms with Crippen LogP contribution < -0.4 is 10.6 Å². The SMILES string of the molecule is COC(=O)c1ccccc1Nc1cc(S(=O)(=O)C2COCCN2)nc2ccc(O)cc12. The van der Waals surface area contributed by atoms with Gasteiger partial charge in [-0.2, -0.15) is 0 Å². The van der Waals surface area contributed by atoms with E-state index in [0.717, 1.165) is 0 Å². The summed E-state index contributed by atoms with van der Waals surface area (Å²) < 4.78 is 36.5. The maximum absolute atomic E-state index is 13.2. The summed E-state index contributed by atoms with van der Waals surface area (Å²) in [6.07, 6.45) is 0. The van der Waals surface area contributed by atoms with Gasteiger partial charge in [-0.15, -0.1) is 0 Å². The van der Waals surface area contributed by atoms with Crippen molar-refractivity contribution in [3.8, 4) is 5.75 Å². The van der Waals surface area contributed by atoms with E-state index in [-0.39, 0.29) is 22.9 Å². The number of morpholine rings is 1. The summed E-state index contributed by atoms with van der Waals surface area (Å²) in [5, 5.41) is 15.4. The first-order chi connectivity index (χ1) is 14.9. The Morgan fingerprint density at radius 2 is 2.03 bits per heavy atom. The predicted molar refractivity (Wildman–Crippen MR) is 114 cm³/mol. The van der Waals surface area contributed by atoms with Gasteiger partial charge in [-0.25, -0.2) is 18.2 Å². The Morgan fingerprint density at radius 1 is 1.23 bits per heavy atom. The second-order valence-corrected chi connectivity index (χ2v) is 9.01. The molecule has 1 aliphatic rings. The number of esters is 1. The van der Waals surface area contributed by atoms with Crippen molar-refractivity contribution in [3.63, 3.8) is 0 Å². The highest BCUT2D eigenvalue weighted by atomic mass is 32.2. The molecule has 162 valence electrons. The van der Waals surface area contributed by atoms with Gasteiger partial charge in [-0.1, -0.05) is 12.1 Å². The number of aromatic hydroxyl groups is 1. The molecule has 0 saturated carbocycles. The number of pyridine rings is 1. The van der Waals surface area contributed by atoms with Crippen LogP contribution in [0.5, 0.6) is 5.75 Å². The van der Waals surface area contributed by atoms with Gasteiger partial charge < -0.3 is 19.9 Å². The number of sulfone groups is 1. The lowest BCUT2D eigenvalue weighted by Gasteiger charge is -2.24. The summed E-state index contributed by atoms with van der Waals surface area (Å²) in [5.41, 5.74) is 1.44. The quantitative estimate of drug-likeness (QED) is 0.509. The number of benzene rings is 2. The van der Waals surface area contributed by atoms with E-state index in [9.17, 15) is 18.3 Å². The Kier molecular flexibility index (Phi) is 5.77. The molecule has 2 heterocycles. The Morgan fingerprint density at radius 3 is 2.77 bits per heavy atom. The van der Waals surface area contributed by atoms with E-state index in [4.69, 9.17) is 9.47 Å². The number of hydrogen-bond donors (Lipinski definition) is 3. The van der Waals surface area contributed by atoms with Gasteiger partial charge in [-0.3, -0.25) is 5.32 Å². The molecule has 1 atom stereocenters. The molecule has 3 aromatic rings. The molecule has 0 aliphatic carbocycles. The van der Waals surface area contributed by atoms with Crippen molar-refractivity contribution in [2.45, 2.75) is 10.4 Å². The number of nitrogens with one attached hydrogen (secondary N) is 2. The third-order valence-corrected chi connectivity index (χ3v) is 6.77.